The fourth-order valence-corrected chi connectivity index (χ4v) is 3.86. The van der Waals surface area contributed by atoms with E-state index < -0.39 is 5.92 Å². The topological polar surface area (TPSA) is 26.0 Å². The first-order valence-corrected chi connectivity index (χ1v) is 7.52. The van der Waals surface area contributed by atoms with Crippen LogP contribution < -0.4 is 5.73 Å². The van der Waals surface area contributed by atoms with Crippen LogP contribution in [-0.4, -0.2) is 12.0 Å². The molecule has 0 amide bonds. The van der Waals surface area contributed by atoms with E-state index in [1.54, 1.807) is 0 Å². The standard InChI is InChI=1S/C15H27F2N/c1-10-5-6-12(8-11(10)2)14(18)13-4-3-7-15(16,17)9-13/h10-14H,3-9,18H2,1-2H3. The molecule has 0 spiro atoms. The first kappa shape index (κ1) is 14.2. The maximum absolute atomic E-state index is 13.5. The molecule has 0 aromatic carbocycles. The van der Waals surface area contributed by atoms with Gasteiger partial charge in [-0.3, -0.25) is 0 Å². The summed E-state index contributed by atoms with van der Waals surface area (Å²) in [4.78, 5) is 0. The molecule has 0 aromatic rings. The van der Waals surface area contributed by atoms with Gasteiger partial charge in [0.05, 0.1) is 0 Å². The lowest BCUT2D eigenvalue weighted by Crippen LogP contribution is -2.44. The van der Waals surface area contributed by atoms with Gasteiger partial charge >= 0.3 is 0 Å². The zero-order chi connectivity index (χ0) is 13.3. The van der Waals surface area contributed by atoms with Gasteiger partial charge in [-0.05, 0) is 49.4 Å². The molecule has 106 valence electrons. The van der Waals surface area contributed by atoms with Crippen LogP contribution in [0.25, 0.3) is 0 Å². The molecule has 0 bridgehead atoms. The summed E-state index contributed by atoms with van der Waals surface area (Å²) in [6.07, 6.45) is 5.10. The van der Waals surface area contributed by atoms with Crippen molar-refractivity contribution in [3.8, 4) is 0 Å². The predicted molar refractivity (Wildman–Crippen MR) is 70.5 cm³/mol. The molecule has 0 aliphatic heterocycles. The molecule has 2 aliphatic rings. The molecule has 18 heavy (non-hydrogen) atoms. The molecule has 3 heteroatoms. The van der Waals surface area contributed by atoms with Crippen molar-refractivity contribution in [2.45, 2.75) is 70.8 Å². The van der Waals surface area contributed by atoms with Gasteiger partial charge in [0.25, 0.3) is 0 Å². The first-order chi connectivity index (χ1) is 8.39. The number of alkyl halides is 2. The van der Waals surface area contributed by atoms with E-state index in [9.17, 15) is 8.78 Å². The Morgan fingerprint density at radius 3 is 2.39 bits per heavy atom. The molecule has 0 radical (unpaired) electrons. The van der Waals surface area contributed by atoms with E-state index in [0.29, 0.717) is 18.3 Å². The lowest BCUT2D eigenvalue weighted by Gasteiger charge is -2.40. The maximum atomic E-state index is 13.5. The molecule has 2 rings (SSSR count). The average Bonchev–Trinajstić information content (AvgIpc) is 2.30. The average molecular weight is 259 g/mol. The second kappa shape index (κ2) is 5.44. The number of hydrogen-bond acceptors (Lipinski definition) is 1. The van der Waals surface area contributed by atoms with E-state index in [-0.39, 0.29) is 24.8 Å². The van der Waals surface area contributed by atoms with Gasteiger partial charge in [0, 0.05) is 18.9 Å². The van der Waals surface area contributed by atoms with Crippen molar-refractivity contribution in [3.05, 3.63) is 0 Å². The molecular weight excluding hydrogens is 232 g/mol. The van der Waals surface area contributed by atoms with E-state index in [4.69, 9.17) is 5.73 Å². The van der Waals surface area contributed by atoms with Gasteiger partial charge < -0.3 is 5.73 Å². The fraction of sp³-hybridized carbons (Fsp3) is 1.00. The van der Waals surface area contributed by atoms with Gasteiger partial charge in [-0.2, -0.15) is 0 Å². The molecule has 1 nitrogen and oxygen atoms in total. The Morgan fingerprint density at radius 2 is 1.78 bits per heavy atom. The summed E-state index contributed by atoms with van der Waals surface area (Å²) in [5.41, 5.74) is 6.32. The zero-order valence-corrected chi connectivity index (χ0v) is 11.7. The highest BCUT2D eigenvalue weighted by Gasteiger charge is 2.41. The third-order valence-electron chi connectivity index (χ3n) is 5.41. The predicted octanol–water partition coefficient (Wildman–Crippen LogP) is 4.21. The SMILES string of the molecule is CC1CCC(C(N)C2CCCC(F)(F)C2)CC1C. The Kier molecular flexibility index (Phi) is 4.30. The molecule has 5 atom stereocenters. The summed E-state index contributed by atoms with van der Waals surface area (Å²) in [6, 6.07) is -0.00822. The van der Waals surface area contributed by atoms with Gasteiger partial charge in [0.1, 0.15) is 0 Å². The molecule has 0 saturated heterocycles. The molecular formula is C15H27F2N. The van der Waals surface area contributed by atoms with Crippen LogP contribution in [-0.2, 0) is 0 Å². The number of hydrogen-bond donors (Lipinski definition) is 1. The minimum atomic E-state index is -2.46. The van der Waals surface area contributed by atoms with Gasteiger partial charge in [-0.25, -0.2) is 8.78 Å². The highest BCUT2D eigenvalue weighted by Crippen LogP contribution is 2.42. The normalized spacial score (nSPS) is 42.5. The van der Waals surface area contributed by atoms with E-state index in [1.807, 2.05) is 0 Å². The monoisotopic (exact) mass is 259 g/mol. The molecule has 5 unspecified atom stereocenters. The maximum Gasteiger partial charge on any atom is 0.248 e. The van der Waals surface area contributed by atoms with E-state index in [0.717, 1.165) is 25.2 Å². The van der Waals surface area contributed by atoms with Crippen LogP contribution in [0.5, 0.6) is 0 Å². The fourth-order valence-electron chi connectivity index (χ4n) is 3.86. The number of halogens is 2. The van der Waals surface area contributed by atoms with Gasteiger partial charge in [0.15, 0.2) is 0 Å². The lowest BCUT2D eigenvalue weighted by molar-refractivity contribution is -0.0608. The van der Waals surface area contributed by atoms with Crippen molar-refractivity contribution in [3.63, 3.8) is 0 Å². The molecule has 2 N–H and O–H groups in total. The molecule has 0 heterocycles. The number of nitrogens with two attached hydrogens (primary N) is 1. The third kappa shape index (κ3) is 3.23. The third-order valence-corrected chi connectivity index (χ3v) is 5.41. The van der Waals surface area contributed by atoms with Crippen molar-refractivity contribution < 1.29 is 8.78 Å². The Hall–Kier alpha value is -0.180. The van der Waals surface area contributed by atoms with Crippen molar-refractivity contribution >= 4 is 0 Å². The largest absolute Gasteiger partial charge is 0.327 e. The summed E-state index contributed by atoms with van der Waals surface area (Å²) in [7, 11) is 0. The quantitative estimate of drug-likeness (QED) is 0.789. The molecule has 2 aliphatic carbocycles. The van der Waals surface area contributed by atoms with Crippen LogP contribution >= 0.6 is 0 Å². The van der Waals surface area contributed by atoms with Crippen LogP contribution in [0.15, 0.2) is 0 Å². The van der Waals surface area contributed by atoms with Crippen LogP contribution in [0, 0.1) is 23.7 Å². The van der Waals surface area contributed by atoms with Crippen molar-refractivity contribution in [2.24, 2.45) is 29.4 Å². The summed E-state index contributed by atoms with van der Waals surface area (Å²) >= 11 is 0. The van der Waals surface area contributed by atoms with Crippen LogP contribution in [0.3, 0.4) is 0 Å². The minimum absolute atomic E-state index is 0.00822. The van der Waals surface area contributed by atoms with Gasteiger partial charge in [-0.15, -0.1) is 0 Å². The van der Waals surface area contributed by atoms with Crippen molar-refractivity contribution in [1.29, 1.82) is 0 Å². The molecule has 0 aromatic heterocycles. The Bertz CT molecular complexity index is 280. The summed E-state index contributed by atoms with van der Waals surface area (Å²) in [5, 5.41) is 0. The molecule has 2 saturated carbocycles. The Balaban J connectivity index is 1.92. The van der Waals surface area contributed by atoms with Gasteiger partial charge in [-0.1, -0.05) is 20.3 Å². The van der Waals surface area contributed by atoms with E-state index in [1.165, 1.54) is 6.42 Å². The van der Waals surface area contributed by atoms with Gasteiger partial charge in [0.2, 0.25) is 5.92 Å². The smallest absolute Gasteiger partial charge is 0.248 e. The van der Waals surface area contributed by atoms with Crippen LogP contribution in [0.1, 0.15) is 58.8 Å². The number of rotatable bonds is 2. The highest BCUT2D eigenvalue weighted by atomic mass is 19.3. The van der Waals surface area contributed by atoms with E-state index >= 15 is 0 Å². The Labute approximate surface area is 110 Å². The molecule has 2 fully saturated rings. The van der Waals surface area contributed by atoms with Crippen molar-refractivity contribution in [2.75, 3.05) is 0 Å². The summed E-state index contributed by atoms with van der Waals surface area (Å²) < 4.78 is 26.9. The van der Waals surface area contributed by atoms with Crippen LogP contribution in [0.4, 0.5) is 8.78 Å². The second-order valence-electron chi connectivity index (χ2n) is 6.82. The second-order valence-corrected chi connectivity index (χ2v) is 6.82. The lowest BCUT2D eigenvalue weighted by atomic mass is 9.68. The van der Waals surface area contributed by atoms with E-state index in [2.05, 4.69) is 13.8 Å². The highest BCUT2D eigenvalue weighted by molar-refractivity contribution is 4.90. The summed E-state index contributed by atoms with van der Waals surface area (Å²) in [6.45, 7) is 4.57. The summed E-state index contributed by atoms with van der Waals surface area (Å²) in [5.74, 6) is -0.497. The minimum Gasteiger partial charge on any atom is -0.327 e. The zero-order valence-electron chi connectivity index (χ0n) is 11.7. The first-order valence-electron chi connectivity index (χ1n) is 7.52. The Morgan fingerprint density at radius 1 is 1.06 bits per heavy atom. The van der Waals surface area contributed by atoms with Crippen LogP contribution in [0.2, 0.25) is 0 Å². The van der Waals surface area contributed by atoms with Crippen molar-refractivity contribution in [1.82, 2.24) is 0 Å².